The van der Waals surface area contributed by atoms with Crippen LogP contribution in [-0.2, 0) is 0 Å². The van der Waals surface area contributed by atoms with E-state index in [0.717, 1.165) is 43.6 Å². The molecule has 0 radical (unpaired) electrons. The van der Waals surface area contributed by atoms with Crippen molar-refractivity contribution in [3.05, 3.63) is 72.2 Å². The SMILES string of the molecule is Nc1nccc2scc(-c3ccc4ccc(-c5ccccc5)nc4n3)c12. The number of nitrogens with two attached hydrogens (primary N) is 1. The molecule has 0 fully saturated rings. The zero-order valence-corrected chi connectivity index (χ0v) is 14.6. The summed E-state index contributed by atoms with van der Waals surface area (Å²) in [5, 5.41) is 4.06. The molecular weight excluding hydrogens is 340 g/mol. The summed E-state index contributed by atoms with van der Waals surface area (Å²) in [6.45, 7) is 0. The van der Waals surface area contributed by atoms with E-state index in [9.17, 15) is 0 Å². The van der Waals surface area contributed by atoms with Gasteiger partial charge in [-0.05, 0) is 30.3 Å². The Morgan fingerprint density at radius 2 is 1.58 bits per heavy atom. The van der Waals surface area contributed by atoms with Crippen LogP contribution in [0, 0.1) is 0 Å². The minimum absolute atomic E-state index is 0.534. The summed E-state index contributed by atoms with van der Waals surface area (Å²) in [4.78, 5) is 13.8. The van der Waals surface area contributed by atoms with E-state index < -0.39 is 0 Å². The zero-order chi connectivity index (χ0) is 17.5. The Morgan fingerprint density at radius 3 is 2.42 bits per heavy atom. The van der Waals surface area contributed by atoms with Crippen LogP contribution >= 0.6 is 11.3 Å². The van der Waals surface area contributed by atoms with Crippen LogP contribution in [0.25, 0.3) is 43.6 Å². The molecule has 124 valence electrons. The van der Waals surface area contributed by atoms with Crippen molar-refractivity contribution in [3.8, 4) is 22.5 Å². The average Bonchev–Trinajstić information content (AvgIpc) is 3.13. The fourth-order valence-corrected chi connectivity index (χ4v) is 4.07. The average molecular weight is 354 g/mol. The maximum atomic E-state index is 6.10. The predicted molar refractivity (Wildman–Crippen MR) is 108 cm³/mol. The van der Waals surface area contributed by atoms with Gasteiger partial charge in [0.1, 0.15) is 5.82 Å². The minimum Gasteiger partial charge on any atom is -0.383 e. The number of benzene rings is 1. The second-order valence-electron chi connectivity index (χ2n) is 6.02. The summed E-state index contributed by atoms with van der Waals surface area (Å²) in [5.41, 5.74) is 10.7. The normalized spacial score (nSPS) is 11.2. The van der Waals surface area contributed by atoms with E-state index in [-0.39, 0.29) is 0 Å². The molecule has 5 aromatic rings. The summed E-state index contributed by atoms with van der Waals surface area (Å²) in [6, 6.07) is 20.3. The number of thiophene rings is 1. The third kappa shape index (κ3) is 2.41. The highest BCUT2D eigenvalue weighted by atomic mass is 32.1. The fraction of sp³-hybridized carbons (Fsp3) is 0. The molecule has 1 aromatic carbocycles. The van der Waals surface area contributed by atoms with E-state index in [4.69, 9.17) is 15.7 Å². The zero-order valence-electron chi connectivity index (χ0n) is 13.8. The third-order valence-corrected chi connectivity index (χ3v) is 5.36. The number of fused-ring (bicyclic) bond motifs is 2. The third-order valence-electron chi connectivity index (χ3n) is 4.41. The lowest BCUT2D eigenvalue weighted by Crippen LogP contribution is -1.93. The van der Waals surface area contributed by atoms with E-state index in [1.165, 1.54) is 0 Å². The Labute approximate surface area is 154 Å². The van der Waals surface area contributed by atoms with Crippen LogP contribution in [0.15, 0.2) is 72.2 Å². The molecule has 4 aromatic heterocycles. The molecule has 0 saturated heterocycles. The van der Waals surface area contributed by atoms with Gasteiger partial charge in [-0.3, -0.25) is 0 Å². The molecule has 0 aliphatic heterocycles. The number of pyridine rings is 3. The summed E-state index contributed by atoms with van der Waals surface area (Å²) < 4.78 is 1.11. The molecule has 0 spiro atoms. The molecule has 0 saturated carbocycles. The lowest BCUT2D eigenvalue weighted by molar-refractivity contribution is 1.29. The summed E-state index contributed by atoms with van der Waals surface area (Å²) in [6.07, 6.45) is 1.74. The number of anilines is 1. The van der Waals surface area contributed by atoms with E-state index in [0.29, 0.717) is 5.82 Å². The van der Waals surface area contributed by atoms with Crippen LogP contribution in [-0.4, -0.2) is 15.0 Å². The van der Waals surface area contributed by atoms with Crippen molar-refractivity contribution in [1.82, 2.24) is 15.0 Å². The van der Waals surface area contributed by atoms with Crippen molar-refractivity contribution < 1.29 is 0 Å². The van der Waals surface area contributed by atoms with Crippen LogP contribution in [0.1, 0.15) is 0 Å². The maximum absolute atomic E-state index is 6.10. The molecule has 0 atom stereocenters. The van der Waals surface area contributed by atoms with Gasteiger partial charge < -0.3 is 5.73 Å². The smallest absolute Gasteiger partial charge is 0.160 e. The molecule has 2 N–H and O–H groups in total. The maximum Gasteiger partial charge on any atom is 0.160 e. The highest BCUT2D eigenvalue weighted by Crippen LogP contribution is 2.36. The topological polar surface area (TPSA) is 64.7 Å². The largest absolute Gasteiger partial charge is 0.383 e. The molecule has 0 aliphatic rings. The molecule has 4 nitrogen and oxygen atoms in total. The number of hydrogen-bond acceptors (Lipinski definition) is 5. The first-order valence-electron chi connectivity index (χ1n) is 8.25. The lowest BCUT2D eigenvalue weighted by Gasteiger charge is -2.05. The Hall–Kier alpha value is -3.31. The molecule has 26 heavy (non-hydrogen) atoms. The van der Waals surface area contributed by atoms with E-state index in [1.807, 2.05) is 36.4 Å². The Kier molecular flexibility index (Phi) is 3.40. The molecule has 0 amide bonds. The highest BCUT2D eigenvalue weighted by molar-refractivity contribution is 7.17. The van der Waals surface area contributed by atoms with Crippen LogP contribution in [0.4, 0.5) is 5.82 Å². The first kappa shape index (κ1) is 15.0. The quantitative estimate of drug-likeness (QED) is 0.476. The summed E-state index contributed by atoms with van der Waals surface area (Å²) in [7, 11) is 0. The van der Waals surface area contributed by atoms with E-state index >= 15 is 0 Å². The van der Waals surface area contributed by atoms with Crippen molar-refractivity contribution in [2.24, 2.45) is 0 Å². The fourth-order valence-electron chi connectivity index (χ4n) is 3.12. The number of nitrogens with zero attached hydrogens (tertiary/aromatic N) is 3. The van der Waals surface area contributed by atoms with Gasteiger partial charge in [-0.25, -0.2) is 15.0 Å². The monoisotopic (exact) mass is 354 g/mol. The van der Waals surface area contributed by atoms with Crippen molar-refractivity contribution in [1.29, 1.82) is 0 Å². The van der Waals surface area contributed by atoms with Crippen molar-refractivity contribution in [3.63, 3.8) is 0 Å². The molecule has 4 heterocycles. The van der Waals surface area contributed by atoms with Gasteiger partial charge in [0.2, 0.25) is 0 Å². The molecule has 0 bridgehead atoms. The second kappa shape index (κ2) is 5.89. The van der Waals surface area contributed by atoms with Gasteiger partial charge in [0.25, 0.3) is 0 Å². The molecule has 0 aliphatic carbocycles. The minimum atomic E-state index is 0.534. The first-order valence-corrected chi connectivity index (χ1v) is 9.13. The van der Waals surface area contributed by atoms with E-state index in [1.54, 1.807) is 17.5 Å². The van der Waals surface area contributed by atoms with Crippen LogP contribution in [0.2, 0.25) is 0 Å². The summed E-state index contributed by atoms with van der Waals surface area (Å²) in [5.74, 6) is 0.534. The number of nitrogen functional groups attached to an aromatic ring is 1. The molecule has 0 unspecified atom stereocenters. The summed E-state index contributed by atoms with van der Waals surface area (Å²) >= 11 is 1.65. The number of hydrogen-bond donors (Lipinski definition) is 1. The standard InChI is InChI=1S/C21H14N4S/c22-20-19-15(12-26-18(19)10-11-23-20)17-9-7-14-6-8-16(24-21(14)25-17)13-4-2-1-3-5-13/h1-12H,(H2,22,23). The van der Waals surface area contributed by atoms with Crippen molar-refractivity contribution >= 4 is 38.3 Å². The van der Waals surface area contributed by atoms with Gasteiger partial charge >= 0.3 is 0 Å². The van der Waals surface area contributed by atoms with Crippen molar-refractivity contribution in [2.45, 2.75) is 0 Å². The molecule has 5 heteroatoms. The highest BCUT2D eigenvalue weighted by Gasteiger charge is 2.12. The predicted octanol–water partition coefficient (Wildman–Crippen LogP) is 5.16. The van der Waals surface area contributed by atoms with Gasteiger partial charge in [0, 0.05) is 38.2 Å². The van der Waals surface area contributed by atoms with Gasteiger partial charge in [-0.1, -0.05) is 30.3 Å². The Bertz CT molecular complexity index is 1250. The lowest BCUT2D eigenvalue weighted by atomic mass is 10.1. The van der Waals surface area contributed by atoms with Crippen molar-refractivity contribution in [2.75, 3.05) is 5.73 Å². The Balaban J connectivity index is 1.69. The molecular formula is C21H14N4S. The van der Waals surface area contributed by atoms with Crippen LogP contribution in [0.3, 0.4) is 0 Å². The Morgan fingerprint density at radius 1 is 0.808 bits per heavy atom. The molecule has 5 rings (SSSR count). The van der Waals surface area contributed by atoms with Gasteiger partial charge in [0.05, 0.1) is 11.4 Å². The van der Waals surface area contributed by atoms with Crippen LogP contribution < -0.4 is 5.73 Å². The number of aromatic nitrogens is 3. The number of rotatable bonds is 2. The van der Waals surface area contributed by atoms with Crippen LogP contribution in [0.5, 0.6) is 0 Å². The second-order valence-corrected chi connectivity index (χ2v) is 6.94. The van der Waals surface area contributed by atoms with Gasteiger partial charge in [-0.15, -0.1) is 11.3 Å². The van der Waals surface area contributed by atoms with E-state index in [2.05, 4.69) is 34.6 Å². The van der Waals surface area contributed by atoms with Gasteiger partial charge in [0.15, 0.2) is 5.65 Å². The first-order chi connectivity index (χ1) is 12.8. The van der Waals surface area contributed by atoms with Gasteiger partial charge in [-0.2, -0.15) is 0 Å².